The lowest BCUT2D eigenvalue weighted by Gasteiger charge is -2.18. The molecule has 0 amide bonds. The highest BCUT2D eigenvalue weighted by Gasteiger charge is 2.23. The van der Waals surface area contributed by atoms with Gasteiger partial charge in [0, 0.05) is 12.6 Å². The fraction of sp³-hybridized carbons (Fsp3) is 0.800. The molecule has 0 saturated heterocycles. The second-order valence-corrected chi connectivity index (χ2v) is 6.00. The van der Waals surface area contributed by atoms with Crippen molar-refractivity contribution in [2.45, 2.75) is 71.4 Å². The first-order chi connectivity index (χ1) is 9.17. The number of hydrogen-bond acceptors (Lipinski definition) is 2. The van der Waals surface area contributed by atoms with Gasteiger partial charge >= 0.3 is 0 Å². The van der Waals surface area contributed by atoms with Gasteiger partial charge in [-0.25, -0.2) is 0 Å². The molecule has 1 aromatic heterocycles. The van der Waals surface area contributed by atoms with E-state index in [1.54, 1.807) is 0 Å². The highest BCUT2D eigenvalue weighted by Crippen LogP contribution is 2.29. The van der Waals surface area contributed by atoms with Crippen molar-refractivity contribution in [3.8, 4) is 0 Å². The molecule has 2 N–H and O–H groups in total. The smallest absolute Gasteiger partial charge is 0.0849 e. The van der Waals surface area contributed by atoms with E-state index in [2.05, 4.69) is 18.9 Å². The van der Waals surface area contributed by atoms with Crippen LogP contribution in [0.15, 0.2) is 0 Å². The summed E-state index contributed by atoms with van der Waals surface area (Å²) in [6.45, 7) is 5.10. The second-order valence-electron chi connectivity index (χ2n) is 5.62. The van der Waals surface area contributed by atoms with E-state index in [0.29, 0.717) is 6.04 Å². The van der Waals surface area contributed by atoms with Gasteiger partial charge in [-0.1, -0.05) is 31.4 Å². The third-order valence-electron chi connectivity index (χ3n) is 4.41. The number of rotatable bonds is 6. The normalized spacial score (nSPS) is 18.1. The molecule has 0 aromatic carbocycles. The van der Waals surface area contributed by atoms with Gasteiger partial charge in [-0.3, -0.25) is 4.68 Å². The van der Waals surface area contributed by atoms with E-state index in [0.717, 1.165) is 42.4 Å². The summed E-state index contributed by atoms with van der Waals surface area (Å²) < 4.78 is 2.04. The van der Waals surface area contributed by atoms with E-state index in [1.807, 2.05) is 4.68 Å². The molecule has 0 bridgehead atoms. The Labute approximate surface area is 121 Å². The summed E-state index contributed by atoms with van der Waals surface area (Å²) in [4.78, 5) is 0. The summed E-state index contributed by atoms with van der Waals surface area (Å²) >= 11 is 6.43. The number of nitrogens with zero attached hydrogens (tertiary/aromatic N) is 2. The maximum Gasteiger partial charge on any atom is 0.0849 e. The molecule has 0 aliphatic heterocycles. The molecule has 1 aliphatic rings. The minimum Gasteiger partial charge on any atom is -0.327 e. The van der Waals surface area contributed by atoms with E-state index < -0.39 is 0 Å². The Morgan fingerprint density at radius 1 is 1.37 bits per heavy atom. The first-order valence-corrected chi connectivity index (χ1v) is 8.04. The van der Waals surface area contributed by atoms with Gasteiger partial charge in [0.05, 0.1) is 16.4 Å². The van der Waals surface area contributed by atoms with Crippen LogP contribution in [0.1, 0.15) is 57.3 Å². The first kappa shape index (κ1) is 14.9. The molecule has 1 aromatic rings. The lowest BCUT2D eigenvalue weighted by Crippen LogP contribution is -2.29. The maximum absolute atomic E-state index is 6.43. The van der Waals surface area contributed by atoms with Crippen LogP contribution >= 0.6 is 11.6 Å². The summed E-state index contributed by atoms with van der Waals surface area (Å²) in [5.41, 5.74) is 8.53. The molecule has 3 nitrogen and oxygen atoms in total. The van der Waals surface area contributed by atoms with E-state index in [1.165, 1.54) is 31.4 Å². The summed E-state index contributed by atoms with van der Waals surface area (Å²) in [7, 11) is 0. The van der Waals surface area contributed by atoms with E-state index in [9.17, 15) is 0 Å². The molecule has 1 fully saturated rings. The standard InChI is InChI=1S/C15H26ClN3/c1-3-13-15(16)14(19(4-2)18-13)10-9-12(17)11-7-5-6-8-11/h11-12H,3-10,17H2,1-2H3. The van der Waals surface area contributed by atoms with E-state index >= 15 is 0 Å². The summed E-state index contributed by atoms with van der Waals surface area (Å²) in [5, 5.41) is 5.43. The zero-order valence-electron chi connectivity index (χ0n) is 12.2. The molecule has 108 valence electrons. The zero-order valence-corrected chi connectivity index (χ0v) is 12.9. The highest BCUT2D eigenvalue weighted by molar-refractivity contribution is 6.31. The number of hydrogen-bond donors (Lipinski definition) is 1. The van der Waals surface area contributed by atoms with Crippen LogP contribution < -0.4 is 5.73 Å². The zero-order chi connectivity index (χ0) is 13.8. The Balaban J connectivity index is 1.99. The fourth-order valence-corrected chi connectivity index (χ4v) is 3.54. The van der Waals surface area contributed by atoms with Crippen LogP contribution in [0.2, 0.25) is 5.02 Å². The molecule has 19 heavy (non-hydrogen) atoms. The molecule has 1 saturated carbocycles. The van der Waals surface area contributed by atoms with Crippen LogP contribution in [0.3, 0.4) is 0 Å². The number of halogens is 1. The lowest BCUT2D eigenvalue weighted by molar-refractivity contribution is 0.406. The summed E-state index contributed by atoms with van der Waals surface area (Å²) in [5.74, 6) is 0.724. The molecular weight excluding hydrogens is 258 g/mol. The molecule has 1 unspecified atom stereocenters. The van der Waals surface area contributed by atoms with Crippen molar-refractivity contribution >= 4 is 11.6 Å². The molecule has 1 aliphatic carbocycles. The van der Waals surface area contributed by atoms with Crippen molar-refractivity contribution in [1.82, 2.24) is 9.78 Å². The average Bonchev–Trinajstić information content (AvgIpc) is 3.04. The van der Waals surface area contributed by atoms with Crippen LogP contribution in [0.25, 0.3) is 0 Å². The maximum atomic E-state index is 6.43. The van der Waals surface area contributed by atoms with Crippen molar-refractivity contribution in [2.24, 2.45) is 11.7 Å². The van der Waals surface area contributed by atoms with Gasteiger partial charge in [0.1, 0.15) is 0 Å². The van der Waals surface area contributed by atoms with Gasteiger partial charge in [0.25, 0.3) is 0 Å². The average molecular weight is 284 g/mol. The molecule has 1 heterocycles. The van der Waals surface area contributed by atoms with Crippen LogP contribution in [0.4, 0.5) is 0 Å². The Morgan fingerprint density at radius 3 is 2.63 bits per heavy atom. The second kappa shape index (κ2) is 6.76. The minimum absolute atomic E-state index is 0.323. The Morgan fingerprint density at radius 2 is 2.05 bits per heavy atom. The van der Waals surface area contributed by atoms with E-state index in [-0.39, 0.29) is 0 Å². The SMILES string of the molecule is CCc1nn(CC)c(CCC(N)C2CCCC2)c1Cl. The van der Waals surface area contributed by atoms with Crippen molar-refractivity contribution in [3.05, 3.63) is 16.4 Å². The van der Waals surface area contributed by atoms with Crippen molar-refractivity contribution in [2.75, 3.05) is 0 Å². The Hall–Kier alpha value is -0.540. The van der Waals surface area contributed by atoms with Crippen LogP contribution in [0, 0.1) is 5.92 Å². The lowest BCUT2D eigenvalue weighted by atomic mass is 9.94. The van der Waals surface area contributed by atoms with Gasteiger partial charge in [-0.05, 0) is 44.9 Å². The highest BCUT2D eigenvalue weighted by atomic mass is 35.5. The summed E-state index contributed by atoms with van der Waals surface area (Å²) in [6, 6.07) is 0.323. The molecule has 0 spiro atoms. The predicted octanol–water partition coefficient (Wildman–Crippen LogP) is 3.57. The molecular formula is C15H26ClN3. The Bertz CT molecular complexity index is 408. The van der Waals surface area contributed by atoms with Crippen LogP contribution in [0.5, 0.6) is 0 Å². The van der Waals surface area contributed by atoms with Crippen LogP contribution in [-0.2, 0) is 19.4 Å². The number of aromatic nitrogens is 2. The Kier molecular flexibility index (Phi) is 5.28. The number of nitrogens with two attached hydrogens (primary N) is 1. The number of aryl methyl sites for hydroxylation is 2. The minimum atomic E-state index is 0.323. The molecule has 2 rings (SSSR count). The van der Waals surface area contributed by atoms with Gasteiger partial charge in [0.2, 0.25) is 0 Å². The molecule has 0 radical (unpaired) electrons. The molecule has 4 heteroatoms. The fourth-order valence-electron chi connectivity index (χ4n) is 3.18. The largest absolute Gasteiger partial charge is 0.327 e. The summed E-state index contributed by atoms with van der Waals surface area (Å²) in [6.07, 6.45) is 8.20. The van der Waals surface area contributed by atoms with Crippen LogP contribution in [-0.4, -0.2) is 15.8 Å². The monoisotopic (exact) mass is 283 g/mol. The van der Waals surface area contributed by atoms with Crippen molar-refractivity contribution in [1.29, 1.82) is 0 Å². The van der Waals surface area contributed by atoms with Crippen molar-refractivity contribution < 1.29 is 0 Å². The van der Waals surface area contributed by atoms with Gasteiger partial charge in [-0.2, -0.15) is 5.10 Å². The van der Waals surface area contributed by atoms with Gasteiger partial charge < -0.3 is 5.73 Å². The van der Waals surface area contributed by atoms with Gasteiger partial charge in [-0.15, -0.1) is 0 Å². The van der Waals surface area contributed by atoms with Crippen molar-refractivity contribution in [3.63, 3.8) is 0 Å². The molecule has 1 atom stereocenters. The third-order valence-corrected chi connectivity index (χ3v) is 4.85. The van der Waals surface area contributed by atoms with E-state index in [4.69, 9.17) is 17.3 Å². The quantitative estimate of drug-likeness (QED) is 0.867. The first-order valence-electron chi connectivity index (χ1n) is 7.67. The third kappa shape index (κ3) is 3.32. The van der Waals surface area contributed by atoms with Gasteiger partial charge in [0.15, 0.2) is 0 Å². The topological polar surface area (TPSA) is 43.8 Å². The predicted molar refractivity (Wildman–Crippen MR) is 80.5 cm³/mol.